The van der Waals surface area contributed by atoms with Crippen LogP contribution >= 0.6 is 0 Å². The van der Waals surface area contributed by atoms with Gasteiger partial charge in [-0.25, -0.2) is 0 Å². The molecule has 3 rings (SSSR count). The Morgan fingerprint density at radius 3 is 2.45 bits per heavy atom. The number of nitrogens with zero attached hydrogens (tertiary/aromatic N) is 1. The fourth-order valence-electron chi connectivity index (χ4n) is 6.06. The lowest BCUT2D eigenvalue weighted by Gasteiger charge is -2.53. The number of benzene rings is 1. The molecule has 0 saturated heterocycles. The van der Waals surface area contributed by atoms with Crippen molar-refractivity contribution in [1.29, 1.82) is 0 Å². The fraction of sp³-hybridized carbons (Fsp3) is 0.680. The van der Waals surface area contributed by atoms with Gasteiger partial charge in [0.25, 0.3) is 0 Å². The SMILES string of the molecule is CO/N=C(/c1cc2c(cc1C(C)C)CCC1C(C)(C(=O)O)CCC[C@]21C)C(C)C. The Morgan fingerprint density at radius 2 is 1.90 bits per heavy atom. The summed E-state index contributed by atoms with van der Waals surface area (Å²) in [5, 5.41) is 14.5. The molecule has 4 heteroatoms. The van der Waals surface area contributed by atoms with Crippen LogP contribution < -0.4 is 0 Å². The van der Waals surface area contributed by atoms with Crippen LogP contribution in [0.15, 0.2) is 17.3 Å². The van der Waals surface area contributed by atoms with Crippen LogP contribution in [0.2, 0.25) is 0 Å². The molecule has 0 amide bonds. The summed E-state index contributed by atoms with van der Waals surface area (Å²) in [6.45, 7) is 13.0. The number of hydrogen-bond acceptors (Lipinski definition) is 3. The van der Waals surface area contributed by atoms with E-state index in [1.54, 1.807) is 7.11 Å². The van der Waals surface area contributed by atoms with E-state index in [-0.39, 0.29) is 17.3 Å². The first-order valence-corrected chi connectivity index (χ1v) is 11.1. The van der Waals surface area contributed by atoms with Gasteiger partial charge in [0.2, 0.25) is 0 Å². The van der Waals surface area contributed by atoms with E-state index in [1.807, 2.05) is 6.92 Å². The zero-order valence-corrected chi connectivity index (χ0v) is 19.1. The lowest BCUT2D eigenvalue weighted by Crippen LogP contribution is -2.52. The second-order valence-corrected chi connectivity index (χ2v) is 10.2. The number of fused-ring (bicyclic) bond motifs is 3. The summed E-state index contributed by atoms with van der Waals surface area (Å²) in [6.07, 6.45) is 4.69. The quantitative estimate of drug-likeness (QED) is 0.494. The second-order valence-electron chi connectivity index (χ2n) is 10.2. The number of carboxylic acid groups (broad SMARTS) is 1. The molecular weight excluding hydrogens is 362 g/mol. The highest BCUT2D eigenvalue weighted by molar-refractivity contribution is 6.03. The van der Waals surface area contributed by atoms with Crippen molar-refractivity contribution in [3.05, 3.63) is 34.4 Å². The topological polar surface area (TPSA) is 58.9 Å². The maximum Gasteiger partial charge on any atom is 0.309 e. The Labute approximate surface area is 175 Å². The summed E-state index contributed by atoms with van der Waals surface area (Å²) in [6, 6.07) is 4.71. The van der Waals surface area contributed by atoms with Gasteiger partial charge in [0, 0.05) is 5.56 Å². The molecule has 0 bridgehead atoms. The molecule has 1 N–H and O–H groups in total. The van der Waals surface area contributed by atoms with Crippen LogP contribution in [0.3, 0.4) is 0 Å². The highest BCUT2D eigenvalue weighted by Crippen LogP contribution is 2.57. The molecule has 1 saturated carbocycles. The molecule has 0 aromatic heterocycles. The van der Waals surface area contributed by atoms with Crippen molar-refractivity contribution >= 4 is 11.7 Å². The molecule has 0 aliphatic heterocycles. The van der Waals surface area contributed by atoms with Gasteiger partial charge in [-0.3, -0.25) is 4.79 Å². The fourth-order valence-corrected chi connectivity index (χ4v) is 6.06. The van der Waals surface area contributed by atoms with Crippen molar-refractivity contribution in [2.45, 2.75) is 85.0 Å². The third kappa shape index (κ3) is 3.49. The number of hydrogen-bond donors (Lipinski definition) is 1. The standard InChI is InChI=1S/C25H37NO3/c1-15(2)18-13-17-9-10-21-24(5,11-8-12-25(21,6)23(27)28)20(17)14-19(18)22(16(3)4)26-29-7/h13-16,21H,8-12H2,1-7H3,(H,27,28)/b26-22+/t21?,24-,25?/m1/s1. The van der Waals surface area contributed by atoms with Gasteiger partial charge in [-0.2, -0.15) is 0 Å². The average molecular weight is 400 g/mol. The monoisotopic (exact) mass is 399 g/mol. The maximum absolute atomic E-state index is 12.2. The van der Waals surface area contributed by atoms with Crippen LogP contribution in [0.5, 0.6) is 0 Å². The van der Waals surface area contributed by atoms with Crippen LogP contribution in [-0.2, 0) is 21.5 Å². The molecule has 0 spiro atoms. The van der Waals surface area contributed by atoms with E-state index in [0.29, 0.717) is 5.92 Å². The molecule has 1 aromatic rings. The number of aliphatic carboxylic acids is 1. The van der Waals surface area contributed by atoms with E-state index in [4.69, 9.17) is 4.84 Å². The summed E-state index contributed by atoms with van der Waals surface area (Å²) in [7, 11) is 1.60. The summed E-state index contributed by atoms with van der Waals surface area (Å²) >= 11 is 0. The molecule has 2 aliphatic carbocycles. The van der Waals surface area contributed by atoms with E-state index in [1.165, 1.54) is 22.3 Å². The Bertz CT molecular complexity index is 826. The van der Waals surface area contributed by atoms with Gasteiger partial charge in [0.15, 0.2) is 0 Å². The first-order chi connectivity index (χ1) is 13.6. The maximum atomic E-state index is 12.2. The van der Waals surface area contributed by atoms with Crippen LogP contribution in [0, 0.1) is 17.3 Å². The summed E-state index contributed by atoms with van der Waals surface area (Å²) in [5.74, 6) is 0.152. The predicted octanol–water partition coefficient (Wildman–Crippen LogP) is 5.91. The average Bonchev–Trinajstić information content (AvgIpc) is 2.64. The predicted molar refractivity (Wildman–Crippen MR) is 118 cm³/mol. The second kappa shape index (κ2) is 7.77. The molecule has 1 fully saturated rings. The molecule has 4 nitrogen and oxygen atoms in total. The molecule has 160 valence electrons. The third-order valence-corrected chi connectivity index (χ3v) is 7.65. The van der Waals surface area contributed by atoms with E-state index < -0.39 is 11.4 Å². The van der Waals surface area contributed by atoms with Crippen LogP contribution in [-0.4, -0.2) is 23.9 Å². The van der Waals surface area contributed by atoms with E-state index in [0.717, 1.165) is 37.8 Å². The van der Waals surface area contributed by atoms with Crippen LogP contribution in [0.1, 0.15) is 95.4 Å². The Kier molecular flexibility index (Phi) is 5.86. The highest BCUT2D eigenvalue weighted by atomic mass is 16.6. The number of rotatable bonds is 5. The summed E-state index contributed by atoms with van der Waals surface area (Å²) in [5.41, 5.74) is 5.42. The Balaban J connectivity index is 2.23. The molecule has 29 heavy (non-hydrogen) atoms. The molecule has 1 aromatic carbocycles. The van der Waals surface area contributed by atoms with Gasteiger partial charge in [0.1, 0.15) is 7.11 Å². The lowest BCUT2D eigenvalue weighted by molar-refractivity contribution is -0.157. The summed E-state index contributed by atoms with van der Waals surface area (Å²) < 4.78 is 0. The van der Waals surface area contributed by atoms with E-state index in [2.05, 4.69) is 51.9 Å². The molecular formula is C25H37NO3. The van der Waals surface area contributed by atoms with Crippen molar-refractivity contribution in [2.75, 3.05) is 7.11 Å². The van der Waals surface area contributed by atoms with Crippen molar-refractivity contribution in [3.8, 4) is 0 Å². The molecule has 0 heterocycles. The number of carbonyl (C=O) groups is 1. The minimum Gasteiger partial charge on any atom is -0.481 e. The van der Waals surface area contributed by atoms with Crippen LogP contribution in [0.25, 0.3) is 0 Å². The molecule has 2 aliphatic rings. The first-order valence-electron chi connectivity index (χ1n) is 11.1. The van der Waals surface area contributed by atoms with Gasteiger partial charge in [0.05, 0.1) is 11.1 Å². The normalized spacial score (nSPS) is 29.6. The van der Waals surface area contributed by atoms with Gasteiger partial charge in [-0.1, -0.05) is 52.3 Å². The van der Waals surface area contributed by atoms with Crippen molar-refractivity contribution in [3.63, 3.8) is 0 Å². The van der Waals surface area contributed by atoms with Crippen molar-refractivity contribution in [1.82, 2.24) is 0 Å². The number of oxime groups is 1. The van der Waals surface area contributed by atoms with Crippen molar-refractivity contribution in [2.24, 2.45) is 22.4 Å². The summed E-state index contributed by atoms with van der Waals surface area (Å²) in [4.78, 5) is 17.4. The smallest absolute Gasteiger partial charge is 0.309 e. The first kappa shape index (κ1) is 21.9. The third-order valence-electron chi connectivity index (χ3n) is 7.65. The largest absolute Gasteiger partial charge is 0.481 e. The molecule has 0 radical (unpaired) electrons. The number of aryl methyl sites for hydroxylation is 1. The van der Waals surface area contributed by atoms with E-state index >= 15 is 0 Å². The van der Waals surface area contributed by atoms with Gasteiger partial charge in [-0.05, 0) is 78.5 Å². The number of carboxylic acids is 1. The lowest BCUT2D eigenvalue weighted by atomic mass is 9.49. The van der Waals surface area contributed by atoms with E-state index in [9.17, 15) is 9.90 Å². The molecule has 3 atom stereocenters. The van der Waals surface area contributed by atoms with Crippen LogP contribution in [0.4, 0.5) is 0 Å². The van der Waals surface area contributed by atoms with Gasteiger partial charge < -0.3 is 9.94 Å². The zero-order chi connectivity index (χ0) is 21.6. The Morgan fingerprint density at radius 1 is 1.21 bits per heavy atom. The van der Waals surface area contributed by atoms with Gasteiger partial charge in [-0.15, -0.1) is 0 Å². The minimum atomic E-state index is -0.650. The zero-order valence-electron chi connectivity index (χ0n) is 19.1. The minimum absolute atomic E-state index is 0.113. The van der Waals surface area contributed by atoms with Crippen molar-refractivity contribution < 1.29 is 14.7 Å². The molecule has 2 unspecified atom stereocenters. The van der Waals surface area contributed by atoms with Gasteiger partial charge >= 0.3 is 5.97 Å². The Hall–Kier alpha value is -1.84. The highest BCUT2D eigenvalue weighted by Gasteiger charge is 2.55.